The summed E-state index contributed by atoms with van der Waals surface area (Å²) in [6.45, 7) is 3.12. The first-order valence-electron chi connectivity index (χ1n) is 7.51. The molecule has 116 valence electrons. The number of likely N-dealkylation sites (tertiary alicyclic amines) is 1. The summed E-state index contributed by atoms with van der Waals surface area (Å²) in [5, 5.41) is 11.6. The van der Waals surface area contributed by atoms with Crippen molar-refractivity contribution in [3.8, 4) is 0 Å². The fourth-order valence-corrected chi connectivity index (χ4v) is 2.81. The smallest absolute Gasteiger partial charge is 0.238 e. The Hall–Kier alpha value is -1.46. The molecule has 1 aromatic rings. The van der Waals surface area contributed by atoms with Crippen molar-refractivity contribution in [2.45, 2.75) is 38.6 Å². The van der Waals surface area contributed by atoms with Gasteiger partial charge in [0.2, 0.25) is 5.91 Å². The lowest BCUT2D eigenvalue weighted by atomic mass is 10.1. The number of benzene rings is 1. The highest BCUT2D eigenvalue weighted by Crippen LogP contribution is 2.21. The highest BCUT2D eigenvalue weighted by molar-refractivity contribution is 5.92. The zero-order chi connectivity index (χ0) is 15.2. The van der Waals surface area contributed by atoms with E-state index >= 15 is 0 Å². The Morgan fingerprint density at radius 1 is 1.52 bits per heavy atom. The Morgan fingerprint density at radius 3 is 3.05 bits per heavy atom. The van der Waals surface area contributed by atoms with E-state index in [2.05, 4.69) is 10.2 Å². The largest absolute Gasteiger partial charge is 0.396 e. The van der Waals surface area contributed by atoms with Crippen molar-refractivity contribution in [1.29, 1.82) is 0 Å². The third kappa shape index (κ3) is 4.51. The molecule has 0 bridgehead atoms. The van der Waals surface area contributed by atoms with Crippen LogP contribution in [0.2, 0.25) is 0 Å². The predicted molar refractivity (Wildman–Crippen MR) is 80.7 cm³/mol. The minimum Gasteiger partial charge on any atom is -0.396 e. The lowest BCUT2D eigenvalue weighted by Crippen LogP contribution is -2.36. The molecule has 2 rings (SSSR count). The third-order valence-corrected chi connectivity index (χ3v) is 4.00. The molecule has 1 unspecified atom stereocenters. The minimum absolute atomic E-state index is 0.117. The standard InChI is InChI=1S/C16H23FN2O2/c1-12-6-7-13(10-15(12)17)18-16(21)11-19-8-2-4-14(19)5-3-9-20/h6-7,10,14,20H,2-5,8-9,11H2,1H3,(H,18,21). The van der Waals surface area contributed by atoms with Crippen LogP contribution < -0.4 is 5.32 Å². The lowest BCUT2D eigenvalue weighted by Gasteiger charge is -2.23. The van der Waals surface area contributed by atoms with E-state index in [9.17, 15) is 9.18 Å². The van der Waals surface area contributed by atoms with Crippen molar-refractivity contribution in [2.75, 3.05) is 25.0 Å². The molecule has 1 atom stereocenters. The number of aliphatic hydroxyl groups excluding tert-OH is 1. The van der Waals surface area contributed by atoms with Gasteiger partial charge in [-0.15, -0.1) is 0 Å². The summed E-state index contributed by atoms with van der Waals surface area (Å²) in [5.74, 6) is -0.427. The molecule has 1 heterocycles. The number of nitrogens with one attached hydrogen (secondary N) is 1. The van der Waals surface area contributed by atoms with Crippen LogP contribution in [0.25, 0.3) is 0 Å². The van der Waals surface area contributed by atoms with E-state index in [-0.39, 0.29) is 18.3 Å². The number of aryl methyl sites for hydroxylation is 1. The molecule has 0 spiro atoms. The number of hydrogen-bond donors (Lipinski definition) is 2. The van der Waals surface area contributed by atoms with Gasteiger partial charge in [-0.3, -0.25) is 9.69 Å². The molecule has 1 amide bonds. The van der Waals surface area contributed by atoms with Crippen LogP contribution in [-0.4, -0.2) is 41.7 Å². The van der Waals surface area contributed by atoms with E-state index in [1.807, 2.05) is 0 Å². The number of anilines is 1. The molecule has 1 aromatic carbocycles. The molecule has 0 radical (unpaired) electrons. The van der Waals surface area contributed by atoms with Gasteiger partial charge in [0, 0.05) is 18.3 Å². The average molecular weight is 294 g/mol. The Labute approximate surface area is 125 Å². The zero-order valence-corrected chi connectivity index (χ0v) is 12.4. The lowest BCUT2D eigenvalue weighted by molar-refractivity contribution is -0.117. The number of carbonyl (C=O) groups excluding carboxylic acids is 1. The van der Waals surface area contributed by atoms with Gasteiger partial charge in [0.15, 0.2) is 0 Å². The van der Waals surface area contributed by atoms with Gasteiger partial charge in [0.25, 0.3) is 0 Å². The Balaban J connectivity index is 1.87. The first-order valence-corrected chi connectivity index (χ1v) is 7.51. The number of nitrogens with zero attached hydrogens (tertiary/aromatic N) is 1. The van der Waals surface area contributed by atoms with Crippen LogP contribution in [0.4, 0.5) is 10.1 Å². The molecule has 0 saturated carbocycles. The molecule has 1 aliphatic rings. The van der Waals surface area contributed by atoms with E-state index in [1.54, 1.807) is 19.1 Å². The normalized spacial score (nSPS) is 18.9. The summed E-state index contributed by atoms with van der Waals surface area (Å²) < 4.78 is 13.5. The SMILES string of the molecule is Cc1ccc(NC(=O)CN2CCCC2CCCO)cc1F. The molecule has 0 aliphatic carbocycles. The van der Waals surface area contributed by atoms with Crippen LogP contribution >= 0.6 is 0 Å². The number of rotatable bonds is 6. The summed E-state index contributed by atoms with van der Waals surface area (Å²) in [4.78, 5) is 14.2. The first-order chi connectivity index (χ1) is 10.1. The first kappa shape index (κ1) is 15.9. The Kier molecular flexibility index (Phi) is 5.70. The topological polar surface area (TPSA) is 52.6 Å². The van der Waals surface area contributed by atoms with Gasteiger partial charge in [0.1, 0.15) is 5.82 Å². The highest BCUT2D eigenvalue weighted by atomic mass is 19.1. The van der Waals surface area contributed by atoms with Crippen molar-refractivity contribution in [3.05, 3.63) is 29.6 Å². The molecule has 21 heavy (non-hydrogen) atoms. The van der Waals surface area contributed by atoms with Gasteiger partial charge in [-0.1, -0.05) is 6.07 Å². The Morgan fingerprint density at radius 2 is 2.33 bits per heavy atom. The molecule has 5 heteroatoms. The average Bonchev–Trinajstić information content (AvgIpc) is 2.87. The number of amides is 1. The predicted octanol–water partition coefficient (Wildman–Crippen LogP) is 2.31. The van der Waals surface area contributed by atoms with Gasteiger partial charge in [-0.25, -0.2) is 4.39 Å². The molecular weight excluding hydrogens is 271 g/mol. The van der Waals surface area contributed by atoms with Crippen LogP contribution in [0, 0.1) is 12.7 Å². The maximum atomic E-state index is 13.5. The minimum atomic E-state index is -0.310. The monoisotopic (exact) mass is 294 g/mol. The van der Waals surface area contributed by atoms with Gasteiger partial charge in [-0.2, -0.15) is 0 Å². The second kappa shape index (κ2) is 7.52. The van der Waals surface area contributed by atoms with Crippen LogP contribution in [0.5, 0.6) is 0 Å². The maximum Gasteiger partial charge on any atom is 0.238 e. The van der Waals surface area contributed by atoms with Crippen LogP contribution in [-0.2, 0) is 4.79 Å². The summed E-state index contributed by atoms with van der Waals surface area (Å²) in [6, 6.07) is 5.09. The van der Waals surface area contributed by atoms with Crippen LogP contribution in [0.1, 0.15) is 31.2 Å². The second-order valence-corrected chi connectivity index (χ2v) is 5.64. The summed E-state index contributed by atoms with van der Waals surface area (Å²) in [5.41, 5.74) is 1.06. The van der Waals surface area contributed by atoms with Crippen molar-refractivity contribution in [3.63, 3.8) is 0 Å². The van der Waals surface area contributed by atoms with Crippen molar-refractivity contribution in [2.24, 2.45) is 0 Å². The molecular formula is C16H23FN2O2. The van der Waals surface area contributed by atoms with E-state index in [0.29, 0.717) is 23.8 Å². The van der Waals surface area contributed by atoms with Crippen LogP contribution in [0.15, 0.2) is 18.2 Å². The van der Waals surface area contributed by atoms with Crippen molar-refractivity contribution in [1.82, 2.24) is 4.90 Å². The zero-order valence-electron chi connectivity index (χ0n) is 12.4. The van der Waals surface area contributed by atoms with Crippen LogP contribution in [0.3, 0.4) is 0 Å². The molecule has 0 aromatic heterocycles. The van der Waals surface area contributed by atoms with E-state index in [1.165, 1.54) is 6.07 Å². The fourth-order valence-electron chi connectivity index (χ4n) is 2.81. The summed E-state index contributed by atoms with van der Waals surface area (Å²) in [7, 11) is 0. The quantitative estimate of drug-likeness (QED) is 0.846. The van der Waals surface area contributed by atoms with Gasteiger partial charge in [-0.05, 0) is 56.8 Å². The number of halogens is 1. The number of carbonyl (C=O) groups is 1. The van der Waals surface area contributed by atoms with E-state index in [0.717, 1.165) is 32.2 Å². The van der Waals surface area contributed by atoms with Gasteiger partial charge in [0.05, 0.1) is 6.54 Å². The molecule has 1 aliphatic heterocycles. The number of hydrogen-bond acceptors (Lipinski definition) is 3. The molecule has 4 nitrogen and oxygen atoms in total. The summed E-state index contributed by atoms with van der Waals surface area (Å²) in [6.07, 6.45) is 3.85. The van der Waals surface area contributed by atoms with Crippen molar-refractivity contribution >= 4 is 11.6 Å². The molecule has 1 saturated heterocycles. The summed E-state index contributed by atoms with van der Waals surface area (Å²) >= 11 is 0. The van der Waals surface area contributed by atoms with Gasteiger partial charge < -0.3 is 10.4 Å². The molecule has 2 N–H and O–H groups in total. The Bertz CT molecular complexity index is 493. The van der Waals surface area contributed by atoms with E-state index < -0.39 is 0 Å². The molecule has 1 fully saturated rings. The second-order valence-electron chi connectivity index (χ2n) is 5.64. The maximum absolute atomic E-state index is 13.5. The van der Waals surface area contributed by atoms with E-state index in [4.69, 9.17) is 5.11 Å². The number of aliphatic hydroxyl groups is 1. The third-order valence-electron chi connectivity index (χ3n) is 4.00. The highest BCUT2D eigenvalue weighted by Gasteiger charge is 2.25. The fraction of sp³-hybridized carbons (Fsp3) is 0.562. The van der Waals surface area contributed by atoms with Gasteiger partial charge >= 0.3 is 0 Å². The van der Waals surface area contributed by atoms with Crippen molar-refractivity contribution < 1.29 is 14.3 Å².